The molecular weight excluding hydrogens is 396 g/mol. The van der Waals surface area contributed by atoms with E-state index in [1.165, 1.54) is 0 Å². The van der Waals surface area contributed by atoms with Crippen molar-refractivity contribution in [2.75, 3.05) is 77.6 Å². The summed E-state index contributed by atoms with van der Waals surface area (Å²) in [6.45, 7) is 11.1. The number of morpholine rings is 1. The van der Waals surface area contributed by atoms with E-state index in [-0.39, 0.29) is 0 Å². The van der Waals surface area contributed by atoms with E-state index in [0.29, 0.717) is 37.0 Å². The highest BCUT2D eigenvalue weighted by atomic mass is 16.5. The maximum atomic E-state index is 6.13. The SMILES string of the molecule is Cc1nc(N2CCOCC2)c2oc3nc(OCCCN4CCN(C)CC4)ccc3c2n1. The minimum absolute atomic E-state index is 0.543. The van der Waals surface area contributed by atoms with Crippen LogP contribution in [-0.2, 0) is 4.74 Å². The van der Waals surface area contributed by atoms with Crippen LogP contribution in [0.2, 0.25) is 0 Å². The van der Waals surface area contributed by atoms with E-state index in [4.69, 9.17) is 13.9 Å². The smallest absolute Gasteiger partial charge is 0.232 e. The highest BCUT2D eigenvalue weighted by molar-refractivity contribution is 6.04. The second kappa shape index (κ2) is 8.94. The third kappa shape index (κ3) is 4.44. The summed E-state index contributed by atoms with van der Waals surface area (Å²) >= 11 is 0. The highest BCUT2D eigenvalue weighted by Crippen LogP contribution is 2.33. The van der Waals surface area contributed by atoms with E-state index < -0.39 is 0 Å². The number of hydrogen-bond acceptors (Lipinski definition) is 9. The van der Waals surface area contributed by atoms with Gasteiger partial charge in [-0.1, -0.05) is 0 Å². The number of hydrogen-bond donors (Lipinski definition) is 0. The molecule has 2 fully saturated rings. The van der Waals surface area contributed by atoms with Crippen molar-refractivity contribution >= 4 is 28.0 Å². The van der Waals surface area contributed by atoms with Crippen molar-refractivity contribution in [1.82, 2.24) is 24.8 Å². The van der Waals surface area contributed by atoms with Crippen molar-refractivity contribution in [1.29, 1.82) is 0 Å². The zero-order chi connectivity index (χ0) is 21.2. The zero-order valence-electron chi connectivity index (χ0n) is 18.3. The summed E-state index contributed by atoms with van der Waals surface area (Å²) in [7, 11) is 2.18. The van der Waals surface area contributed by atoms with Gasteiger partial charge < -0.3 is 28.6 Å². The number of anilines is 1. The lowest BCUT2D eigenvalue weighted by Gasteiger charge is -2.32. The average molecular weight is 427 g/mol. The molecule has 0 spiro atoms. The lowest BCUT2D eigenvalue weighted by Crippen LogP contribution is -2.44. The van der Waals surface area contributed by atoms with Gasteiger partial charge in [0.15, 0.2) is 11.4 Å². The lowest BCUT2D eigenvalue weighted by molar-refractivity contribution is 0.122. The number of aryl methyl sites for hydroxylation is 1. The highest BCUT2D eigenvalue weighted by Gasteiger charge is 2.22. The molecule has 2 aliphatic rings. The van der Waals surface area contributed by atoms with Crippen LogP contribution in [0.15, 0.2) is 16.5 Å². The number of pyridine rings is 1. The average Bonchev–Trinajstić information content (AvgIpc) is 3.15. The quantitative estimate of drug-likeness (QED) is 0.549. The van der Waals surface area contributed by atoms with Gasteiger partial charge in [-0.05, 0) is 26.5 Å². The number of rotatable bonds is 6. The Kier molecular flexibility index (Phi) is 5.89. The number of nitrogens with zero attached hydrogens (tertiary/aromatic N) is 6. The molecule has 2 aliphatic heterocycles. The second-order valence-corrected chi connectivity index (χ2v) is 8.32. The Morgan fingerprint density at radius 1 is 1.00 bits per heavy atom. The molecule has 9 nitrogen and oxygen atoms in total. The topological polar surface area (TPSA) is 80.0 Å². The minimum atomic E-state index is 0.543. The van der Waals surface area contributed by atoms with Crippen molar-refractivity contribution in [3.8, 4) is 5.88 Å². The van der Waals surface area contributed by atoms with Crippen molar-refractivity contribution in [3.05, 3.63) is 18.0 Å². The molecule has 0 unspecified atom stereocenters. The van der Waals surface area contributed by atoms with Gasteiger partial charge in [0, 0.05) is 51.9 Å². The first-order chi connectivity index (χ1) is 15.2. The Balaban J connectivity index is 1.29. The molecular formula is C22H30N6O3. The van der Waals surface area contributed by atoms with Crippen LogP contribution in [0.4, 0.5) is 5.82 Å². The van der Waals surface area contributed by atoms with Crippen LogP contribution in [0.5, 0.6) is 5.88 Å². The van der Waals surface area contributed by atoms with E-state index in [2.05, 4.69) is 36.7 Å². The summed E-state index contributed by atoms with van der Waals surface area (Å²) in [5, 5.41) is 0.889. The van der Waals surface area contributed by atoms with Gasteiger partial charge in [-0.3, -0.25) is 0 Å². The summed E-state index contributed by atoms with van der Waals surface area (Å²) in [5.74, 6) is 2.13. The number of furan rings is 1. The van der Waals surface area contributed by atoms with Gasteiger partial charge >= 0.3 is 0 Å². The first kappa shape index (κ1) is 20.4. The van der Waals surface area contributed by atoms with E-state index in [0.717, 1.165) is 74.8 Å². The maximum absolute atomic E-state index is 6.13. The van der Waals surface area contributed by atoms with Crippen LogP contribution >= 0.6 is 0 Å². The molecule has 2 saturated heterocycles. The van der Waals surface area contributed by atoms with E-state index >= 15 is 0 Å². The third-order valence-corrected chi connectivity index (χ3v) is 6.02. The molecule has 0 atom stereocenters. The molecule has 5 heterocycles. The van der Waals surface area contributed by atoms with E-state index in [1.807, 2.05) is 19.1 Å². The van der Waals surface area contributed by atoms with Gasteiger partial charge in [-0.15, -0.1) is 0 Å². The standard InChI is InChI=1S/C22H30N6O3/c1-16-23-19-17-4-5-18(30-13-3-6-27-9-7-26(2)8-10-27)25-22(17)31-20(19)21(24-16)28-11-14-29-15-12-28/h4-5H,3,6-15H2,1-2H3. The van der Waals surface area contributed by atoms with E-state index in [9.17, 15) is 0 Å². The van der Waals surface area contributed by atoms with E-state index in [1.54, 1.807) is 0 Å². The van der Waals surface area contributed by atoms with Gasteiger partial charge in [0.25, 0.3) is 0 Å². The van der Waals surface area contributed by atoms with Crippen molar-refractivity contribution in [2.45, 2.75) is 13.3 Å². The summed E-state index contributed by atoms with van der Waals surface area (Å²) in [4.78, 5) is 20.9. The maximum Gasteiger partial charge on any atom is 0.232 e. The van der Waals surface area contributed by atoms with Crippen LogP contribution in [0.1, 0.15) is 12.2 Å². The van der Waals surface area contributed by atoms with Crippen molar-refractivity contribution in [3.63, 3.8) is 0 Å². The van der Waals surface area contributed by atoms with Crippen LogP contribution in [0, 0.1) is 6.92 Å². The molecule has 0 aromatic carbocycles. The molecule has 0 amide bonds. The van der Waals surface area contributed by atoms with Gasteiger partial charge in [0.2, 0.25) is 11.6 Å². The molecule has 3 aromatic rings. The lowest BCUT2D eigenvalue weighted by atomic mass is 10.2. The minimum Gasteiger partial charge on any atom is -0.478 e. The molecule has 31 heavy (non-hydrogen) atoms. The summed E-state index contributed by atoms with van der Waals surface area (Å²) in [6.07, 6.45) is 0.982. The van der Waals surface area contributed by atoms with Crippen molar-refractivity contribution in [2.24, 2.45) is 0 Å². The van der Waals surface area contributed by atoms with Gasteiger partial charge in [-0.25, -0.2) is 9.97 Å². The number of fused-ring (bicyclic) bond motifs is 3. The van der Waals surface area contributed by atoms with Gasteiger partial charge in [-0.2, -0.15) is 4.98 Å². The first-order valence-electron chi connectivity index (χ1n) is 11.1. The Hall–Kier alpha value is -2.49. The number of piperazine rings is 1. The summed E-state index contributed by atoms with van der Waals surface area (Å²) in [6, 6.07) is 3.89. The Morgan fingerprint density at radius 3 is 2.61 bits per heavy atom. The molecule has 5 rings (SSSR count). The fraction of sp³-hybridized carbons (Fsp3) is 0.591. The summed E-state index contributed by atoms with van der Waals surface area (Å²) in [5.41, 5.74) is 2.03. The Bertz CT molecular complexity index is 1040. The largest absolute Gasteiger partial charge is 0.478 e. The number of ether oxygens (including phenoxy) is 2. The normalized spacial score (nSPS) is 18.8. The predicted octanol–water partition coefficient (Wildman–Crippen LogP) is 1.93. The molecule has 0 saturated carbocycles. The molecule has 3 aromatic heterocycles. The van der Waals surface area contributed by atoms with Crippen molar-refractivity contribution < 1.29 is 13.9 Å². The number of likely N-dealkylation sites (N-methyl/N-ethyl adjacent to an activating group) is 1. The first-order valence-corrected chi connectivity index (χ1v) is 11.1. The molecule has 0 N–H and O–H groups in total. The van der Waals surface area contributed by atoms with Gasteiger partial charge in [0.1, 0.15) is 11.3 Å². The molecule has 0 bridgehead atoms. The molecule has 166 valence electrons. The van der Waals surface area contributed by atoms with Gasteiger partial charge in [0.05, 0.1) is 25.2 Å². The monoisotopic (exact) mass is 426 g/mol. The molecule has 0 aliphatic carbocycles. The second-order valence-electron chi connectivity index (χ2n) is 8.32. The van der Waals surface area contributed by atoms with Crippen LogP contribution in [-0.4, -0.2) is 97.4 Å². The van der Waals surface area contributed by atoms with Crippen LogP contribution in [0.3, 0.4) is 0 Å². The van der Waals surface area contributed by atoms with Crippen LogP contribution in [0.25, 0.3) is 22.2 Å². The third-order valence-electron chi connectivity index (χ3n) is 6.02. The Labute approximate surface area is 181 Å². The summed E-state index contributed by atoms with van der Waals surface area (Å²) < 4.78 is 17.5. The fourth-order valence-electron chi connectivity index (χ4n) is 4.21. The zero-order valence-corrected chi connectivity index (χ0v) is 18.3. The van der Waals surface area contributed by atoms with Crippen LogP contribution < -0.4 is 9.64 Å². The molecule has 9 heteroatoms. The predicted molar refractivity (Wildman–Crippen MR) is 119 cm³/mol. The Morgan fingerprint density at radius 2 is 1.81 bits per heavy atom. The number of aromatic nitrogens is 3. The fourth-order valence-corrected chi connectivity index (χ4v) is 4.21. The molecule has 0 radical (unpaired) electrons.